The molecule has 4 amide bonds. The molecule has 2 saturated heterocycles. The van der Waals surface area contributed by atoms with Crippen molar-refractivity contribution in [2.75, 3.05) is 44.2 Å². The maximum Gasteiger partial charge on any atom is 0.264 e. The van der Waals surface area contributed by atoms with E-state index in [1.807, 2.05) is 6.07 Å². The number of nitrogens with two attached hydrogens (primary N) is 1. The van der Waals surface area contributed by atoms with Crippen LogP contribution in [0.1, 0.15) is 33.6 Å². The Bertz CT molecular complexity index is 847. The fourth-order valence-electron chi connectivity index (χ4n) is 4.16. The highest BCUT2D eigenvalue weighted by atomic mass is 16.2. The molecule has 3 aliphatic heterocycles. The minimum absolute atomic E-state index is 0.111. The van der Waals surface area contributed by atoms with Crippen LogP contribution in [0.2, 0.25) is 0 Å². The van der Waals surface area contributed by atoms with Crippen LogP contribution in [0.5, 0.6) is 0 Å². The van der Waals surface area contributed by atoms with Crippen molar-refractivity contribution in [3.05, 3.63) is 29.3 Å². The lowest BCUT2D eigenvalue weighted by Gasteiger charge is -2.36. The Kier molecular flexibility index (Phi) is 4.86. The molecular formula is C19H23N5O4. The van der Waals surface area contributed by atoms with E-state index in [4.69, 9.17) is 5.73 Å². The Hall–Kier alpha value is -2.78. The summed E-state index contributed by atoms with van der Waals surface area (Å²) in [4.78, 5) is 55.1. The summed E-state index contributed by atoms with van der Waals surface area (Å²) in [7, 11) is 0. The van der Waals surface area contributed by atoms with E-state index in [1.54, 1.807) is 12.1 Å². The number of anilines is 1. The zero-order chi connectivity index (χ0) is 19.8. The Balaban J connectivity index is 1.60. The summed E-state index contributed by atoms with van der Waals surface area (Å²) in [5.41, 5.74) is 7.01. The van der Waals surface area contributed by atoms with E-state index < -0.39 is 23.8 Å². The summed E-state index contributed by atoms with van der Waals surface area (Å²) in [5.74, 6) is -1.91. The lowest BCUT2D eigenvalue weighted by molar-refractivity contribution is -0.136. The molecule has 0 radical (unpaired) electrons. The molecule has 1 atom stereocenters. The molecule has 0 aromatic heterocycles. The number of carbonyl (C=O) groups is 4. The van der Waals surface area contributed by atoms with Gasteiger partial charge in [-0.3, -0.25) is 34.3 Å². The monoisotopic (exact) mass is 385 g/mol. The zero-order valence-corrected chi connectivity index (χ0v) is 15.5. The first-order valence-electron chi connectivity index (χ1n) is 9.53. The minimum atomic E-state index is -0.945. The highest BCUT2D eigenvalue weighted by Crippen LogP contribution is 2.34. The molecule has 0 bridgehead atoms. The van der Waals surface area contributed by atoms with Gasteiger partial charge in [0.05, 0.1) is 16.8 Å². The fraction of sp³-hybridized carbons (Fsp3) is 0.474. The summed E-state index contributed by atoms with van der Waals surface area (Å²) in [6, 6.07) is 4.28. The Labute approximate surface area is 162 Å². The summed E-state index contributed by atoms with van der Waals surface area (Å²) in [6.45, 7) is 4.57. The number of fused-ring (bicyclic) bond motifs is 1. The largest absolute Gasteiger partial charge is 0.368 e. The van der Waals surface area contributed by atoms with E-state index >= 15 is 0 Å². The number of amides is 4. The maximum absolute atomic E-state index is 13.2. The van der Waals surface area contributed by atoms with Crippen molar-refractivity contribution in [1.82, 2.24) is 15.1 Å². The van der Waals surface area contributed by atoms with Crippen LogP contribution in [0.25, 0.3) is 0 Å². The number of nitrogens with one attached hydrogen (secondary N) is 1. The quantitative estimate of drug-likeness (QED) is 0.650. The zero-order valence-electron chi connectivity index (χ0n) is 15.5. The number of carbonyl (C=O) groups excluding carboxylic acids is 4. The SMILES string of the molecule is NCCN1CCN(c2cccc3c2C(=O)N(C2CCC(=O)NC2=O)C3=O)CC1. The third-order valence-corrected chi connectivity index (χ3v) is 5.60. The Morgan fingerprint density at radius 1 is 1.04 bits per heavy atom. The van der Waals surface area contributed by atoms with Gasteiger partial charge in [-0.05, 0) is 18.6 Å². The molecule has 2 fully saturated rings. The molecule has 0 saturated carbocycles. The highest BCUT2D eigenvalue weighted by Gasteiger charge is 2.46. The van der Waals surface area contributed by atoms with E-state index in [0.29, 0.717) is 17.7 Å². The average molecular weight is 385 g/mol. The van der Waals surface area contributed by atoms with Crippen molar-refractivity contribution >= 4 is 29.3 Å². The van der Waals surface area contributed by atoms with Crippen LogP contribution < -0.4 is 16.0 Å². The number of hydrogen-bond donors (Lipinski definition) is 2. The van der Waals surface area contributed by atoms with Gasteiger partial charge in [-0.2, -0.15) is 0 Å². The van der Waals surface area contributed by atoms with Crippen LogP contribution in [0.15, 0.2) is 18.2 Å². The van der Waals surface area contributed by atoms with Crippen LogP contribution in [0, 0.1) is 0 Å². The van der Waals surface area contributed by atoms with E-state index in [0.717, 1.165) is 43.3 Å². The number of piperidine rings is 1. The van der Waals surface area contributed by atoms with Crippen LogP contribution in [0.3, 0.4) is 0 Å². The molecular weight excluding hydrogens is 362 g/mol. The molecule has 1 aromatic carbocycles. The molecule has 148 valence electrons. The third kappa shape index (κ3) is 3.06. The second-order valence-corrected chi connectivity index (χ2v) is 7.26. The van der Waals surface area contributed by atoms with Crippen molar-refractivity contribution in [3.63, 3.8) is 0 Å². The maximum atomic E-state index is 13.2. The molecule has 4 rings (SSSR count). The van der Waals surface area contributed by atoms with E-state index in [9.17, 15) is 19.2 Å². The molecule has 9 heteroatoms. The van der Waals surface area contributed by atoms with Crippen LogP contribution in [0.4, 0.5) is 5.69 Å². The molecule has 1 unspecified atom stereocenters. The van der Waals surface area contributed by atoms with Crippen LogP contribution in [-0.4, -0.2) is 78.7 Å². The van der Waals surface area contributed by atoms with Crippen LogP contribution in [-0.2, 0) is 9.59 Å². The molecule has 0 spiro atoms. The lowest BCUT2D eigenvalue weighted by atomic mass is 10.0. The second kappa shape index (κ2) is 7.33. The van der Waals surface area contributed by atoms with Crippen molar-refractivity contribution < 1.29 is 19.2 Å². The Morgan fingerprint density at radius 2 is 1.79 bits per heavy atom. The Morgan fingerprint density at radius 3 is 2.46 bits per heavy atom. The number of nitrogens with zero attached hydrogens (tertiary/aromatic N) is 3. The predicted octanol–water partition coefficient (Wildman–Crippen LogP) is -0.831. The summed E-state index contributed by atoms with van der Waals surface area (Å²) < 4.78 is 0. The highest BCUT2D eigenvalue weighted by molar-refractivity contribution is 6.25. The summed E-state index contributed by atoms with van der Waals surface area (Å²) in [6.07, 6.45) is 0.267. The topological polar surface area (TPSA) is 116 Å². The molecule has 3 N–H and O–H groups in total. The van der Waals surface area contributed by atoms with E-state index in [-0.39, 0.29) is 18.7 Å². The van der Waals surface area contributed by atoms with Gasteiger partial charge in [0.25, 0.3) is 11.8 Å². The van der Waals surface area contributed by atoms with Crippen molar-refractivity contribution in [1.29, 1.82) is 0 Å². The van der Waals surface area contributed by atoms with Gasteiger partial charge in [-0.1, -0.05) is 6.07 Å². The average Bonchev–Trinajstić information content (AvgIpc) is 2.94. The molecule has 0 aliphatic carbocycles. The smallest absolute Gasteiger partial charge is 0.264 e. The normalized spacial score (nSPS) is 23.2. The number of imide groups is 2. The molecule has 1 aromatic rings. The molecule has 28 heavy (non-hydrogen) atoms. The van der Waals surface area contributed by atoms with Crippen LogP contribution >= 0.6 is 0 Å². The van der Waals surface area contributed by atoms with Gasteiger partial charge in [0.1, 0.15) is 6.04 Å². The van der Waals surface area contributed by atoms with Crippen molar-refractivity contribution in [2.24, 2.45) is 5.73 Å². The molecule has 3 aliphatic rings. The van der Waals surface area contributed by atoms with Gasteiger partial charge in [-0.25, -0.2) is 0 Å². The van der Waals surface area contributed by atoms with Gasteiger partial charge >= 0.3 is 0 Å². The first kappa shape index (κ1) is 18.6. The standard InChI is InChI=1S/C19H23N5O4/c20-6-7-22-8-10-23(11-9-22)13-3-1-2-12-16(13)19(28)24(18(12)27)14-4-5-15(25)21-17(14)26/h1-3,14H,4-11,20H2,(H,21,25,26). The molecule has 9 nitrogen and oxygen atoms in total. The van der Waals surface area contributed by atoms with Gasteiger partial charge < -0.3 is 10.6 Å². The van der Waals surface area contributed by atoms with Gasteiger partial charge in [0, 0.05) is 45.7 Å². The first-order chi connectivity index (χ1) is 13.5. The number of benzene rings is 1. The van der Waals surface area contributed by atoms with E-state index in [1.165, 1.54) is 0 Å². The van der Waals surface area contributed by atoms with Gasteiger partial charge in [0.2, 0.25) is 11.8 Å². The fourth-order valence-corrected chi connectivity index (χ4v) is 4.16. The molecule has 3 heterocycles. The number of piperazine rings is 1. The number of rotatable bonds is 4. The van der Waals surface area contributed by atoms with Crippen molar-refractivity contribution in [2.45, 2.75) is 18.9 Å². The third-order valence-electron chi connectivity index (χ3n) is 5.60. The lowest BCUT2D eigenvalue weighted by Crippen LogP contribution is -2.54. The van der Waals surface area contributed by atoms with Gasteiger partial charge in [-0.15, -0.1) is 0 Å². The summed E-state index contributed by atoms with van der Waals surface area (Å²) >= 11 is 0. The second-order valence-electron chi connectivity index (χ2n) is 7.26. The minimum Gasteiger partial charge on any atom is -0.368 e. The number of hydrogen-bond acceptors (Lipinski definition) is 7. The van der Waals surface area contributed by atoms with E-state index in [2.05, 4.69) is 15.1 Å². The first-order valence-corrected chi connectivity index (χ1v) is 9.53. The summed E-state index contributed by atoms with van der Waals surface area (Å²) in [5, 5.41) is 2.22. The predicted molar refractivity (Wildman–Crippen MR) is 101 cm³/mol. The van der Waals surface area contributed by atoms with Crippen molar-refractivity contribution in [3.8, 4) is 0 Å². The van der Waals surface area contributed by atoms with Gasteiger partial charge in [0.15, 0.2) is 0 Å².